The number of aromatic nitrogens is 1. The minimum absolute atomic E-state index is 0.0303. The summed E-state index contributed by atoms with van der Waals surface area (Å²) in [6, 6.07) is 13.1. The van der Waals surface area contributed by atoms with Crippen molar-refractivity contribution in [3.63, 3.8) is 0 Å². The van der Waals surface area contributed by atoms with Crippen molar-refractivity contribution in [3.8, 4) is 11.3 Å². The van der Waals surface area contributed by atoms with E-state index < -0.39 is 0 Å². The Morgan fingerprint density at radius 1 is 1.14 bits per heavy atom. The number of rotatable bonds is 2. The second kappa shape index (κ2) is 6.49. The van der Waals surface area contributed by atoms with Gasteiger partial charge in [-0.15, -0.1) is 0 Å². The van der Waals surface area contributed by atoms with Gasteiger partial charge in [0.05, 0.1) is 5.69 Å². The molecule has 114 valence electrons. The summed E-state index contributed by atoms with van der Waals surface area (Å²) < 4.78 is 0. The molecule has 0 saturated carbocycles. The lowest BCUT2D eigenvalue weighted by Gasteiger charge is -2.30. The summed E-state index contributed by atoms with van der Waals surface area (Å²) in [5.74, 6) is 0.736. The number of pyridine rings is 1. The summed E-state index contributed by atoms with van der Waals surface area (Å²) in [6.07, 6.45) is 2.14. The van der Waals surface area contributed by atoms with E-state index in [9.17, 15) is 4.79 Å². The van der Waals surface area contributed by atoms with Crippen molar-refractivity contribution in [1.82, 2.24) is 9.88 Å². The van der Waals surface area contributed by atoms with Gasteiger partial charge in [0.1, 0.15) is 5.69 Å². The highest BCUT2D eigenvalue weighted by Crippen LogP contribution is 2.21. The number of hydrogen-bond acceptors (Lipinski definition) is 2. The fraction of sp³-hybridized carbons (Fsp3) is 0.333. The van der Waals surface area contributed by atoms with E-state index in [2.05, 4.69) is 11.9 Å². The molecule has 0 radical (unpaired) electrons. The molecule has 0 spiro atoms. The molecule has 0 bridgehead atoms. The quantitative estimate of drug-likeness (QED) is 0.829. The summed E-state index contributed by atoms with van der Waals surface area (Å²) in [6.45, 7) is 3.89. The first-order valence-electron chi connectivity index (χ1n) is 7.66. The number of amides is 1. The average molecular weight is 315 g/mol. The molecule has 1 aliphatic heterocycles. The minimum Gasteiger partial charge on any atom is -0.337 e. The van der Waals surface area contributed by atoms with Crippen LogP contribution in [0.1, 0.15) is 30.3 Å². The average Bonchev–Trinajstić information content (AvgIpc) is 2.56. The summed E-state index contributed by atoms with van der Waals surface area (Å²) in [5.41, 5.74) is 2.28. The first-order valence-corrected chi connectivity index (χ1v) is 8.03. The van der Waals surface area contributed by atoms with Crippen molar-refractivity contribution in [1.29, 1.82) is 0 Å². The van der Waals surface area contributed by atoms with Crippen LogP contribution in [0, 0.1) is 5.92 Å². The summed E-state index contributed by atoms with van der Waals surface area (Å²) in [5, 5.41) is 0.693. The Balaban J connectivity index is 1.81. The molecule has 1 aromatic heterocycles. The van der Waals surface area contributed by atoms with Crippen molar-refractivity contribution in [2.45, 2.75) is 19.8 Å². The molecule has 1 aliphatic rings. The molecule has 0 N–H and O–H groups in total. The van der Waals surface area contributed by atoms with Crippen LogP contribution in [0.2, 0.25) is 5.02 Å². The predicted molar refractivity (Wildman–Crippen MR) is 89.0 cm³/mol. The summed E-state index contributed by atoms with van der Waals surface area (Å²) in [7, 11) is 0. The molecule has 1 amide bonds. The van der Waals surface area contributed by atoms with E-state index in [1.165, 1.54) is 0 Å². The zero-order valence-electron chi connectivity index (χ0n) is 12.6. The van der Waals surface area contributed by atoms with Gasteiger partial charge in [-0.05, 0) is 43.0 Å². The Morgan fingerprint density at radius 2 is 1.82 bits per heavy atom. The first-order chi connectivity index (χ1) is 10.6. The number of halogens is 1. The lowest BCUT2D eigenvalue weighted by Crippen LogP contribution is -2.38. The molecule has 2 heterocycles. The molecule has 1 aromatic carbocycles. The van der Waals surface area contributed by atoms with Gasteiger partial charge < -0.3 is 4.90 Å². The van der Waals surface area contributed by atoms with Crippen molar-refractivity contribution < 1.29 is 4.79 Å². The number of benzene rings is 1. The Hall–Kier alpha value is -1.87. The Morgan fingerprint density at radius 3 is 2.50 bits per heavy atom. The molecule has 1 saturated heterocycles. The SMILES string of the molecule is CC1CCN(C(=O)c2cccc(-c3ccc(Cl)cc3)n2)CC1. The zero-order chi connectivity index (χ0) is 15.5. The number of carbonyl (C=O) groups excluding carboxylic acids is 1. The predicted octanol–water partition coefficient (Wildman–Crippen LogP) is 4.27. The highest BCUT2D eigenvalue weighted by molar-refractivity contribution is 6.30. The maximum Gasteiger partial charge on any atom is 0.272 e. The van der Waals surface area contributed by atoms with Gasteiger partial charge in [0.2, 0.25) is 0 Å². The number of likely N-dealkylation sites (tertiary alicyclic amines) is 1. The second-order valence-corrected chi connectivity index (χ2v) is 6.33. The largest absolute Gasteiger partial charge is 0.337 e. The van der Waals surface area contributed by atoms with Crippen LogP contribution in [0.25, 0.3) is 11.3 Å². The number of carbonyl (C=O) groups is 1. The lowest BCUT2D eigenvalue weighted by atomic mass is 9.99. The zero-order valence-corrected chi connectivity index (χ0v) is 13.4. The van der Waals surface area contributed by atoms with Crippen molar-refractivity contribution >= 4 is 17.5 Å². The number of piperidine rings is 1. The molecule has 1 fully saturated rings. The highest BCUT2D eigenvalue weighted by Gasteiger charge is 2.22. The fourth-order valence-corrected chi connectivity index (χ4v) is 2.83. The normalized spacial score (nSPS) is 15.8. The van der Waals surface area contributed by atoms with Crippen molar-refractivity contribution in [2.24, 2.45) is 5.92 Å². The highest BCUT2D eigenvalue weighted by atomic mass is 35.5. The molecule has 3 nitrogen and oxygen atoms in total. The van der Waals surface area contributed by atoms with Crippen LogP contribution in [-0.4, -0.2) is 28.9 Å². The van der Waals surface area contributed by atoms with E-state index in [1.54, 1.807) is 6.07 Å². The second-order valence-electron chi connectivity index (χ2n) is 5.89. The molecule has 0 aliphatic carbocycles. The molecular formula is C18H19ClN2O. The Kier molecular flexibility index (Phi) is 4.44. The third kappa shape index (κ3) is 3.30. The molecule has 2 aromatic rings. The van der Waals surface area contributed by atoms with E-state index in [4.69, 9.17) is 11.6 Å². The van der Waals surface area contributed by atoms with Gasteiger partial charge in [-0.2, -0.15) is 0 Å². The van der Waals surface area contributed by atoms with Gasteiger partial charge in [0, 0.05) is 23.7 Å². The van der Waals surface area contributed by atoms with Crippen LogP contribution in [0.5, 0.6) is 0 Å². The van der Waals surface area contributed by atoms with Gasteiger partial charge in [-0.3, -0.25) is 4.79 Å². The molecule has 22 heavy (non-hydrogen) atoms. The van der Waals surface area contributed by atoms with E-state index in [0.717, 1.165) is 37.2 Å². The monoisotopic (exact) mass is 314 g/mol. The smallest absolute Gasteiger partial charge is 0.272 e. The van der Waals surface area contributed by atoms with Crippen molar-refractivity contribution in [2.75, 3.05) is 13.1 Å². The fourth-order valence-electron chi connectivity index (χ4n) is 2.71. The van der Waals surface area contributed by atoms with Gasteiger partial charge in [0.15, 0.2) is 0 Å². The Labute approximate surface area is 135 Å². The third-order valence-electron chi connectivity index (χ3n) is 4.18. The van der Waals surface area contributed by atoms with E-state index in [1.807, 2.05) is 41.3 Å². The van der Waals surface area contributed by atoms with E-state index >= 15 is 0 Å². The van der Waals surface area contributed by atoms with Gasteiger partial charge in [0.25, 0.3) is 5.91 Å². The molecular weight excluding hydrogens is 296 g/mol. The van der Waals surface area contributed by atoms with E-state index in [-0.39, 0.29) is 5.91 Å². The minimum atomic E-state index is 0.0303. The third-order valence-corrected chi connectivity index (χ3v) is 4.43. The number of hydrogen-bond donors (Lipinski definition) is 0. The molecule has 0 unspecified atom stereocenters. The first kappa shape index (κ1) is 15.0. The Bertz CT molecular complexity index is 661. The lowest BCUT2D eigenvalue weighted by molar-refractivity contribution is 0.0691. The van der Waals surface area contributed by atoms with Crippen LogP contribution < -0.4 is 0 Å². The van der Waals surface area contributed by atoms with Crippen LogP contribution in [0.15, 0.2) is 42.5 Å². The molecule has 0 atom stereocenters. The van der Waals surface area contributed by atoms with Gasteiger partial charge in [-0.1, -0.05) is 36.7 Å². The van der Waals surface area contributed by atoms with Crippen LogP contribution >= 0.6 is 11.6 Å². The van der Waals surface area contributed by atoms with Crippen LogP contribution in [0.3, 0.4) is 0 Å². The molecule has 4 heteroatoms. The number of nitrogens with zero attached hydrogens (tertiary/aromatic N) is 2. The summed E-state index contributed by atoms with van der Waals surface area (Å²) in [4.78, 5) is 19.0. The molecule has 3 rings (SSSR count). The maximum absolute atomic E-state index is 12.6. The van der Waals surface area contributed by atoms with E-state index in [0.29, 0.717) is 16.6 Å². The maximum atomic E-state index is 12.6. The van der Waals surface area contributed by atoms with Crippen LogP contribution in [0.4, 0.5) is 0 Å². The van der Waals surface area contributed by atoms with Crippen molar-refractivity contribution in [3.05, 3.63) is 53.2 Å². The standard InChI is InChI=1S/C18H19ClN2O/c1-13-9-11-21(12-10-13)18(22)17-4-2-3-16(20-17)14-5-7-15(19)8-6-14/h2-8,13H,9-12H2,1H3. The summed E-state index contributed by atoms with van der Waals surface area (Å²) >= 11 is 5.91. The van der Waals surface area contributed by atoms with Crippen LogP contribution in [-0.2, 0) is 0 Å². The van der Waals surface area contributed by atoms with Gasteiger partial charge in [-0.25, -0.2) is 4.98 Å². The van der Waals surface area contributed by atoms with Gasteiger partial charge >= 0.3 is 0 Å². The topological polar surface area (TPSA) is 33.2 Å².